The van der Waals surface area contributed by atoms with E-state index >= 15 is 0 Å². The van der Waals surface area contributed by atoms with Crippen molar-refractivity contribution in [2.75, 3.05) is 43.0 Å². The van der Waals surface area contributed by atoms with Crippen LogP contribution in [0.25, 0.3) is 10.9 Å². The van der Waals surface area contributed by atoms with E-state index in [4.69, 9.17) is 14.7 Å². The van der Waals surface area contributed by atoms with E-state index in [-0.39, 0.29) is 18.0 Å². The van der Waals surface area contributed by atoms with Crippen molar-refractivity contribution in [2.45, 2.75) is 52.8 Å². The number of carbonyl (C=O) groups excluding carboxylic acids is 2. The molecular formula is C28H35N7O3. The van der Waals surface area contributed by atoms with Crippen LogP contribution in [0, 0.1) is 0 Å². The summed E-state index contributed by atoms with van der Waals surface area (Å²) < 4.78 is 5.53. The Bertz CT molecular complexity index is 1380. The molecule has 200 valence electrons. The molecule has 0 aliphatic carbocycles. The molecule has 1 aromatic carbocycles. The van der Waals surface area contributed by atoms with Gasteiger partial charge in [-0.3, -0.25) is 9.78 Å². The lowest BCUT2D eigenvalue weighted by Crippen LogP contribution is -2.50. The lowest BCUT2D eigenvalue weighted by Gasteiger charge is -2.36. The Labute approximate surface area is 223 Å². The molecule has 2 aliphatic rings. The van der Waals surface area contributed by atoms with Crippen LogP contribution in [-0.2, 0) is 11.3 Å². The number of rotatable bonds is 4. The normalized spacial score (nSPS) is 15.9. The molecule has 10 heteroatoms. The monoisotopic (exact) mass is 517 g/mol. The molecule has 5 rings (SSSR count). The van der Waals surface area contributed by atoms with Crippen molar-refractivity contribution >= 4 is 40.4 Å². The Morgan fingerprint density at radius 1 is 1.08 bits per heavy atom. The standard InChI is InChI=1S/C28H35N7O3/c1-18(2)35-17-21-23(25(35)36)30-26(33-11-13-34(14-12-33)27(37)38-28(3,4)5)31-24(21)32(6)20-15-19-9-7-8-10-22(19)29-16-20/h7-10,15-16,18H,11-14,17H2,1-6H3. The number of benzene rings is 1. The number of ether oxygens (including phenoxy) is 1. The van der Waals surface area contributed by atoms with Crippen molar-refractivity contribution in [3.05, 3.63) is 47.8 Å². The first-order valence-electron chi connectivity index (χ1n) is 13.0. The van der Waals surface area contributed by atoms with Gasteiger partial charge < -0.3 is 24.3 Å². The molecule has 10 nitrogen and oxygen atoms in total. The van der Waals surface area contributed by atoms with Crippen molar-refractivity contribution in [3.8, 4) is 0 Å². The van der Waals surface area contributed by atoms with Crippen molar-refractivity contribution in [1.29, 1.82) is 0 Å². The molecule has 0 saturated carbocycles. The number of hydrogen-bond donors (Lipinski definition) is 0. The van der Waals surface area contributed by atoms with Crippen LogP contribution in [-0.4, -0.2) is 81.6 Å². The third-order valence-electron chi connectivity index (χ3n) is 6.88. The van der Waals surface area contributed by atoms with Gasteiger partial charge in [-0.15, -0.1) is 0 Å². The van der Waals surface area contributed by atoms with Gasteiger partial charge in [-0.05, 0) is 46.8 Å². The van der Waals surface area contributed by atoms with Crippen LogP contribution in [0.3, 0.4) is 0 Å². The molecule has 1 fully saturated rings. The molecule has 1 saturated heterocycles. The number of amides is 2. The van der Waals surface area contributed by atoms with Gasteiger partial charge in [-0.1, -0.05) is 18.2 Å². The summed E-state index contributed by atoms with van der Waals surface area (Å²) >= 11 is 0. The zero-order valence-corrected chi connectivity index (χ0v) is 22.9. The lowest BCUT2D eigenvalue weighted by molar-refractivity contribution is 0.0240. The van der Waals surface area contributed by atoms with E-state index in [0.717, 1.165) is 22.2 Å². The Balaban J connectivity index is 1.47. The van der Waals surface area contributed by atoms with E-state index in [2.05, 4.69) is 11.1 Å². The number of fused-ring (bicyclic) bond motifs is 2. The third kappa shape index (κ3) is 4.94. The second kappa shape index (κ2) is 9.74. The summed E-state index contributed by atoms with van der Waals surface area (Å²) in [4.78, 5) is 47.8. The van der Waals surface area contributed by atoms with E-state index in [1.54, 1.807) is 4.90 Å². The van der Waals surface area contributed by atoms with Crippen LogP contribution in [0.4, 0.5) is 22.2 Å². The number of carbonyl (C=O) groups is 2. The summed E-state index contributed by atoms with van der Waals surface area (Å²) in [7, 11) is 1.95. The Morgan fingerprint density at radius 3 is 2.47 bits per heavy atom. The van der Waals surface area contributed by atoms with Crippen molar-refractivity contribution in [3.63, 3.8) is 0 Å². The van der Waals surface area contributed by atoms with E-state index in [9.17, 15) is 9.59 Å². The minimum Gasteiger partial charge on any atom is -0.444 e. The molecule has 3 aromatic rings. The van der Waals surface area contributed by atoms with Gasteiger partial charge in [0.05, 0.1) is 23.9 Å². The van der Waals surface area contributed by atoms with Gasteiger partial charge in [0.1, 0.15) is 17.1 Å². The third-order valence-corrected chi connectivity index (χ3v) is 6.88. The summed E-state index contributed by atoms with van der Waals surface area (Å²) in [6.07, 6.45) is 1.51. The van der Waals surface area contributed by atoms with Gasteiger partial charge in [0, 0.05) is 50.2 Å². The molecule has 4 heterocycles. The van der Waals surface area contributed by atoms with Gasteiger partial charge in [-0.2, -0.15) is 4.98 Å². The van der Waals surface area contributed by atoms with Crippen LogP contribution in [0.5, 0.6) is 0 Å². The molecule has 2 aliphatic heterocycles. The first kappa shape index (κ1) is 25.7. The van der Waals surface area contributed by atoms with Crippen LogP contribution < -0.4 is 9.80 Å². The fourth-order valence-corrected chi connectivity index (χ4v) is 4.78. The molecule has 0 spiro atoms. The predicted molar refractivity (Wildman–Crippen MR) is 147 cm³/mol. The van der Waals surface area contributed by atoms with Crippen molar-refractivity contribution < 1.29 is 14.3 Å². The van der Waals surface area contributed by atoms with Gasteiger partial charge in [0.2, 0.25) is 5.95 Å². The van der Waals surface area contributed by atoms with E-state index in [1.807, 2.05) is 86.8 Å². The SMILES string of the molecule is CC(C)N1Cc2c(nc(N3CCN(C(=O)OC(C)(C)C)CC3)nc2N(C)c2cnc3ccccc3c2)C1=O. The average molecular weight is 518 g/mol. The highest BCUT2D eigenvalue weighted by molar-refractivity contribution is 5.99. The topological polar surface area (TPSA) is 95.0 Å². The summed E-state index contributed by atoms with van der Waals surface area (Å²) in [5, 5.41) is 1.03. The van der Waals surface area contributed by atoms with E-state index in [1.165, 1.54) is 0 Å². The lowest BCUT2D eigenvalue weighted by atomic mass is 10.2. The highest BCUT2D eigenvalue weighted by Crippen LogP contribution is 2.35. The maximum atomic E-state index is 13.4. The fourth-order valence-electron chi connectivity index (χ4n) is 4.78. The zero-order chi connectivity index (χ0) is 27.2. The van der Waals surface area contributed by atoms with Gasteiger partial charge in [-0.25, -0.2) is 9.78 Å². The number of hydrogen-bond acceptors (Lipinski definition) is 8. The van der Waals surface area contributed by atoms with Gasteiger partial charge >= 0.3 is 6.09 Å². The molecular weight excluding hydrogens is 482 g/mol. The van der Waals surface area contributed by atoms with Crippen LogP contribution in [0.15, 0.2) is 36.5 Å². The van der Waals surface area contributed by atoms with Crippen molar-refractivity contribution in [1.82, 2.24) is 24.8 Å². The van der Waals surface area contributed by atoms with Gasteiger partial charge in [0.15, 0.2) is 0 Å². The van der Waals surface area contributed by atoms with E-state index in [0.29, 0.717) is 50.2 Å². The smallest absolute Gasteiger partial charge is 0.410 e. The quantitative estimate of drug-likeness (QED) is 0.508. The summed E-state index contributed by atoms with van der Waals surface area (Å²) in [5.41, 5.74) is 2.50. The second-order valence-corrected chi connectivity index (χ2v) is 11.1. The summed E-state index contributed by atoms with van der Waals surface area (Å²) in [6.45, 7) is 12.1. The highest BCUT2D eigenvalue weighted by atomic mass is 16.6. The molecule has 2 aromatic heterocycles. The number of nitrogens with zero attached hydrogens (tertiary/aromatic N) is 7. The molecule has 0 radical (unpaired) electrons. The average Bonchev–Trinajstić information content (AvgIpc) is 3.23. The van der Waals surface area contributed by atoms with Crippen LogP contribution in [0.1, 0.15) is 50.7 Å². The molecule has 0 atom stereocenters. The number of para-hydroxylation sites is 1. The number of aromatic nitrogens is 3. The zero-order valence-electron chi connectivity index (χ0n) is 22.9. The number of anilines is 3. The maximum Gasteiger partial charge on any atom is 0.410 e. The molecule has 38 heavy (non-hydrogen) atoms. The minimum atomic E-state index is -0.545. The molecule has 0 N–H and O–H groups in total. The molecule has 0 bridgehead atoms. The first-order chi connectivity index (χ1) is 18.0. The predicted octanol–water partition coefficient (Wildman–Crippen LogP) is 4.21. The van der Waals surface area contributed by atoms with Crippen LogP contribution >= 0.6 is 0 Å². The van der Waals surface area contributed by atoms with Gasteiger partial charge in [0.25, 0.3) is 5.91 Å². The first-order valence-corrected chi connectivity index (χ1v) is 13.0. The summed E-state index contributed by atoms with van der Waals surface area (Å²) in [6, 6.07) is 10.1. The molecule has 0 unspecified atom stereocenters. The molecule has 2 amide bonds. The minimum absolute atomic E-state index is 0.0398. The number of piperazine rings is 1. The van der Waals surface area contributed by atoms with Crippen LogP contribution in [0.2, 0.25) is 0 Å². The highest BCUT2D eigenvalue weighted by Gasteiger charge is 2.36. The van der Waals surface area contributed by atoms with Crippen molar-refractivity contribution in [2.24, 2.45) is 0 Å². The largest absolute Gasteiger partial charge is 0.444 e. The Hall–Kier alpha value is -3.95. The Kier molecular flexibility index (Phi) is 6.58. The summed E-state index contributed by atoms with van der Waals surface area (Å²) in [5.74, 6) is 1.09. The Morgan fingerprint density at radius 2 is 1.79 bits per heavy atom. The maximum absolute atomic E-state index is 13.4. The fraction of sp³-hybridized carbons (Fsp3) is 0.464. The second-order valence-electron chi connectivity index (χ2n) is 11.1. The van der Waals surface area contributed by atoms with E-state index < -0.39 is 5.60 Å². The number of pyridine rings is 1.